The Morgan fingerprint density at radius 3 is 2.60 bits per heavy atom. The SMILES string of the molecule is CC(C)(C)C1CCC(n2cnc3c(=O)[nH]nnc32)CC1. The minimum absolute atomic E-state index is 0.267. The van der Waals surface area contributed by atoms with Gasteiger partial charge in [0.1, 0.15) is 0 Å². The van der Waals surface area contributed by atoms with Crippen LogP contribution in [0.1, 0.15) is 52.5 Å². The van der Waals surface area contributed by atoms with Crippen LogP contribution in [0.5, 0.6) is 0 Å². The Balaban J connectivity index is 1.84. The third-order valence-corrected chi connectivity index (χ3v) is 4.59. The van der Waals surface area contributed by atoms with Gasteiger partial charge < -0.3 is 4.57 Å². The second-order valence-electron chi connectivity index (χ2n) is 6.84. The van der Waals surface area contributed by atoms with Crippen LogP contribution in [-0.4, -0.2) is 25.0 Å². The number of rotatable bonds is 1. The number of imidazole rings is 1. The predicted octanol–water partition coefficient (Wildman–Crippen LogP) is 2.29. The zero-order valence-corrected chi connectivity index (χ0v) is 12.3. The monoisotopic (exact) mass is 275 g/mol. The highest BCUT2D eigenvalue weighted by Crippen LogP contribution is 2.41. The Bertz CT molecular complexity index is 658. The van der Waals surface area contributed by atoms with E-state index >= 15 is 0 Å². The highest BCUT2D eigenvalue weighted by Gasteiger charge is 2.31. The van der Waals surface area contributed by atoms with E-state index in [0.717, 1.165) is 18.8 Å². The number of fused-ring (bicyclic) bond motifs is 1. The number of aromatic nitrogens is 5. The first-order chi connectivity index (χ1) is 9.47. The molecule has 1 aliphatic carbocycles. The zero-order valence-electron chi connectivity index (χ0n) is 12.3. The van der Waals surface area contributed by atoms with Gasteiger partial charge in [0.15, 0.2) is 11.2 Å². The summed E-state index contributed by atoms with van der Waals surface area (Å²) in [5.41, 5.74) is 1.10. The molecule has 0 spiro atoms. The molecule has 6 nitrogen and oxygen atoms in total. The topological polar surface area (TPSA) is 76.5 Å². The van der Waals surface area contributed by atoms with Crippen molar-refractivity contribution in [2.45, 2.75) is 52.5 Å². The van der Waals surface area contributed by atoms with Crippen molar-refractivity contribution < 1.29 is 0 Å². The first-order valence-electron chi connectivity index (χ1n) is 7.24. The standard InChI is InChI=1S/C14H21N5O/c1-14(2,3)9-4-6-10(7-5-9)19-8-15-11-12(19)16-18-17-13(11)20/h8-10H,4-7H2,1-3H3,(H,16,17,20). The molecule has 1 saturated carbocycles. The van der Waals surface area contributed by atoms with Gasteiger partial charge in [-0.3, -0.25) is 4.79 Å². The minimum atomic E-state index is -0.267. The lowest BCUT2D eigenvalue weighted by Gasteiger charge is -2.37. The Kier molecular flexibility index (Phi) is 3.11. The molecule has 108 valence electrons. The summed E-state index contributed by atoms with van der Waals surface area (Å²) in [5, 5.41) is 10.0. The molecule has 2 heterocycles. The number of H-pyrrole nitrogens is 1. The van der Waals surface area contributed by atoms with Crippen LogP contribution >= 0.6 is 0 Å². The van der Waals surface area contributed by atoms with E-state index in [2.05, 4.69) is 41.2 Å². The molecule has 6 heteroatoms. The average molecular weight is 275 g/mol. The molecule has 2 aromatic rings. The van der Waals surface area contributed by atoms with Crippen LogP contribution in [-0.2, 0) is 0 Å². The molecule has 0 saturated heterocycles. The number of aromatic amines is 1. The van der Waals surface area contributed by atoms with Crippen LogP contribution in [0.3, 0.4) is 0 Å². The fourth-order valence-electron chi connectivity index (χ4n) is 3.27. The molecule has 1 N–H and O–H groups in total. The number of hydrogen-bond donors (Lipinski definition) is 1. The van der Waals surface area contributed by atoms with Gasteiger partial charge in [-0.1, -0.05) is 26.0 Å². The molecule has 0 aromatic carbocycles. The third-order valence-electron chi connectivity index (χ3n) is 4.59. The molecule has 0 radical (unpaired) electrons. The third kappa shape index (κ3) is 2.23. The Labute approximate surface area is 117 Å². The van der Waals surface area contributed by atoms with E-state index in [1.54, 1.807) is 6.33 Å². The molecule has 20 heavy (non-hydrogen) atoms. The van der Waals surface area contributed by atoms with Gasteiger partial charge in [0, 0.05) is 6.04 Å². The highest BCUT2D eigenvalue weighted by atomic mass is 16.1. The van der Waals surface area contributed by atoms with Crippen LogP contribution in [0.2, 0.25) is 0 Å². The largest absolute Gasteiger partial charge is 0.310 e. The van der Waals surface area contributed by atoms with Gasteiger partial charge in [-0.25, -0.2) is 10.1 Å². The van der Waals surface area contributed by atoms with Gasteiger partial charge in [-0.2, -0.15) is 0 Å². The Morgan fingerprint density at radius 1 is 1.25 bits per heavy atom. The van der Waals surface area contributed by atoms with E-state index in [1.807, 2.05) is 4.57 Å². The van der Waals surface area contributed by atoms with Gasteiger partial charge in [0.05, 0.1) is 6.33 Å². The fraction of sp³-hybridized carbons (Fsp3) is 0.714. The summed E-state index contributed by atoms with van der Waals surface area (Å²) < 4.78 is 2.02. The summed E-state index contributed by atoms with van der Waals surface area (Å²) in [5.74, 6) is 0.767. The summed E-state index contributed by atoms with van der Waals surface area (Å²) in [4.78, 5) is 15.8. The highest BCUT2D eigenvalue weighted by molar-refractivity contribution is 5.68. The summed E-state index contributed by atoms with van der Waals surface area (Å²) in [6.45, 7) is 6.95. The molecule has 0 amide bonds. The van der Waals surface area contributed by atoms with E-state index in [0.29, 0.717) is 22.6 Å². The first kappa shape index (κ1) is 13.3. The zero-order chi connectivity index (χ0) is 14.3. The lowest BCUT2D eigenvalue weighted by molar-refractivity contribution is 0.153. The van der Waals surface area contributed by atoms with Gasteiger partial charge in [-0.05, 0) is 37.0 Å². The Hall–Kier alpha value is -1.72. The van der Waals surface area contributed by atoms with Crippen LogP contribution in [0.25, 0.3) is 11.2 Å². The summed E-state index contributed by atoms with van der Waals surface area (Å²) in [6.07, 6.45) is 6.38. The van der Waals surface area contributed by atoms with E-state index in [9.17, 15) is 4.79 Å². The van der Waals surface area contributed by atoms with Crippen LogP contribution in [0.15, 0.2) is 11.1 Å². The van der Waals surface area contributed by atoms with E-state index in [4.69, 9.17) is 0 Å². The first-order valence-corrected chi connectivity index (χ1v) is 7.24. The van der Waals surface area contributed by atoms with Crippen molar-refractivity contribution in [3.8, 4) is 0 Å². The van der Waals surface area contributed by atoms with Gasteiger partial charge in [-0.15, -0.1) is 5.10 Å². The van der Waals surface area contributed by atoms with Crippen LogP contribution < -0.4 is 5.56 Å². The van der Waals surface area contributed by atoms with E-state index in [1.165, 1.54) is 12.8 Å². The molecule has 0 aliphatic heterocycles. The van der Waals surface area contributed by atoms with Gasteiger partial charge in [0.2, 0.25) is 0 Å². The normalized spacial score (nSPS) is 24.1. The maximum atomic E-state index is 11.6. The molecule has 3 rings (SSSR count). The number of nitrogens with zero attached hydrogens (tertiary/aromatic N) is 4. The lowest BCUT2D eigenvalue weighted by Crippen LogP contribution is -2.27. The van der Waals surface area contributed by atoms with Crippen molar-refractivity contribution in [1.82, 2.24) is 25.0 Å². The van der Waals surface area contributed by atoms with Crippen molar-refractivity contribution in [3.05, 3.63) is 16.7 Å². The van der Waals surface area contributed by atoms with Crippen molar-refractivity contribution in [1.29, 1.82) is 0 Å². The maximum absolute atomic E-state index is 11.6. The summed E-state index contributed by atoms with van der Waals surface area (Å²) >= 11 is 0. The molecule has 0 bridgehead atoms. The smallest absolute Gasteiger partial charge is 0.295 e. The van der Waals surface area contributed by atoms with Crippen molar-refractivity contribution in [2.75, 3.05) is 0 Å². The summed E-state index contributed by atoms with van der Waals surface area (Å²) in [6, 6.07) is 0.384. The van der Waals surface area contributed by atoms with Crippen LogP contribution in [0.4, 0.5) is 0 Å². The van der Waals surface area contributed by atoms with Gasteiger partial charge in [0.25, 0.3) is 5.56 Å². The number of nitrogens with one attached hydrogen (secondary N) is 1. The summed E-state index contributed by atoms with van der Waals surface area (Å²) in [7, 11) is 0. The Morgan fingerprint density at radius 2 is 1.95 bits per heavy atom. The van der Waals surface area contributed by atoms with E-state index < -0.39 is 0 Å². The van der Waals surface area contributed by atoms with Crippen LogP contribution in [0, 0.1) is 11.3 Å². The number of hydrogen-bond acceptors (Lipinski definition) is 4. The molecule has 1 fully saturated rings. The average Bonchev–Trinajstić information content (AvgIpc) is 2.83. The molecular weight excluding hydrogens is 254 g/mol. The predicted molar refractivity (Wildman–Crippen MR) is 76.4 cm³/mol. The lowest BCUT2D eigenvalue weighted by atomic mass is 9.71. The second kappa shape index (κ2) is 4.68. The quantitative estimate of drug-likeness (QED) is 0.866. The molecule has 2 aromatic heterocycles. The minimum Gasteiger partial charge on any atom is -0.310 e. The fourth-order valence-corrected chi connectivity index (χ4v) is 3.27. The second-order valence-corrected chi connectivity index (χ2v) is 6.84. The van der Waals surface area contributed by atoms with E-state index in [-0.39, 0.29) is 5.56 Å². The van der Waals surface area contributed by atoms with Crippen molar-refractivity contribution in [3.63, 3.8) is 0 Å². The van der Waals surface area contributed by atoms with Gasteiger partial charge >= 0.3 is 0 Å². The van der Waals surface area contributed by atoms with Crippen molar-refractivity contribution in [2.24, 2.45) is 11.3 Å². The molecule has 0 atom stereocenters. The molecular formula is C14H21N5O. The van der Waals surface area contributed by atoms with Crippen molar-refractivity contribution >= 4 is 11.2 Å². The molecule has 0 unspecified atom stereocenters. The maximum Gasteiger partial charge on any atom is 0.295 e. The molecule has 1 aliphatic rings.